The Morgan fingerprint density at radius 3 is 2.41 bits per heavy atom. The number of nitrogens with one attached hydrogen (secondary N) is 4. The van der Waals surface area contributed by atoms with E-state index in [2.05, 4.69) is 21.3 Å². The zero-order valence-electron chi connectivity index (χ0n) is 20.0. The molecular weight excluding hydrogens is 456 g/mol. The van der Waals surface area contributed by atoms with Crippen molar-refractivity contribution in [1.82, 2.24) is 21.3 Å². The molecule has 2 rings (SSSR count). The fourth-order valence-electron chi connectivity index (χ4n) is 3.81. The Kier molecular flexibility index (Phi) is 11.4. The summed E-state index contributed by atoms with van der Waals surface area (Å²) in [4.78, 5) is 49.1. The molecule has 3 amide bonds. The van der Waals surface area contributed by atoms with Crippen LogP contribution in [0.3, 0.4) is 0 Å². The fraction of sp³-hybridized carbons (Fsp3) is 0.583. The van der Waals surface area contributed by atoms with Crippen molar-refractivity contribution < 1.29 is 24.3 Å². The molecule has 188 valence electrons. The molecule has 1 aromatic rings. The van der Waals surface area contributed by atoms with Gasteiger partial charge in [-0.2, -0.15) is 11.8 Å². The average molecular weight is 493 g/mol. The van der Waals surface area contributed by atoms with E-state index in [-0.39, 0.29) is 17.7 Å². The monoisotopic (exact) mass is 492 g/mol. The summed E-state index contributed by atoms with van der Waals surface area (Å²) in [7, 11) is 0. The van der Waals surface area contributed by atoms with E-state index < -0.39 is 36.2 Å². The van der Waals surface area contributed by atoms with E-state index in [1.165, 1.54) is 11.8 Å². The Balaban J connectivity index is 2.18. The van der Waals surface area contributed by atoms with Crippen LogP contribution in [0.5, 0.6) is 0 Å². The van der Waals surface area contributed by atoms with Crippen molar-refractivity contribution in [3.63, 3.8) is 0 Å². The van der Waals surface area contributed by atoms with Crippen LogP contribution in [0.2, 0.25) is 0 Å². The molecule has 34 heavy (non-hydrogen) atoms. The predicted molar refractivity (Wildman–Crippen MR) is 132 cm³/mol. The van der Waals surface area contributed by atoms with E-state index in [0.717, 1.165) is 5.56 Å². The van der Waals surface area contributed by atoms with Crippen LogP contribution < -0.4 is 21.3 Å². The number of carbonyl (C=O) groups is 4. The van der Waals surface area contributed by atoms with Gasteiger partial charge in [-0.1, -0.05) is 44.2 Å². The standard InChI is InChI=1S/C24H36N4O5S/c1-15(2)13-20(28-22(30)17-9-10-21(29)26-17)25-19(14-16-7-5-4-6-8-16)23(31)27-18(24(32)33)11-12-34-3/h4-8,15,17-20,25H,9-14H2,1-3H3,(H,26,29)(H,27,31)(H,28,30)(H,32,33)/t17-,18-,19-,20?/m0/s1. The molecule has 0 aliphatic carbocycles. The van der Waals surface area contributed by atoms with Crippen LogP contribution in [0.1, 0.15) is 45.1 Å². The third-order valence-electron chi connectivity index (χ3n) is 5.56. The molecule has 1 aromatic carbocycles. The maximum absolute atomic E-state index is 13.2. The van der Waals surface area contributed by atoms with E-state index in [1.807, 2.05) is 50.4 Å². The zero-order chi connectivity index (χ0) is 25.1. The van der Waals surface area contributed by atoms with Crippen molar-refractivity contribution in [1.29, 1.82) is 0 Å². The lowest BCUT2D eigenvalue weighted by atomic mass is 10.0. The first-order chi connectivity index (χ1) is 16.2. The van der Waals surface area contributed by atoms with Gasteiger partial charge in [0.05, 0.1) is 12.2 Å². The SMILES string of the molecule is CSCC[C@H](NC(=O)[C@H](Cc1ccccc1)NC(CC(C)C)NC(=O)[C@@H]1CCC(=O)N1)C(=O)O. The van der Waals surface area contributed by atoms with Gasteiger partial charge in [-0.05, 0) is 49.2 Å². The van der Waals surface area contributed by atoms with E-state index >= 15 is 0 Å². The Morgan fingerprint density at radius 2 is 1.85 bits per heavy atom. The molecule has 9 nitrogen and oxygen atoms in total. The topological polar surface area (TPSA) is 137 Å². The van der Waals surface area contributed by atoms with Crippen molar-refractivity contribution in [2.75, 3.05) is 12.0 Å². The maximum atomic E-state index is 13.2. The van der Waals surface area contributed by atoms with Crippen LogP contribution in [-0.4, -0.2) is 65.1 Å². The summed E-state index contributed by atoms with van der Waals surface area (Å²) in [6, 6.07) is 7.08. The minimum Gasteiger partial charge on any atom is -0.480 e. The fourth-order valence-corrected chi connectivity index (χ4v) is 4.28. The summed E-state index contributed by atoms with van der Waals surface area (Å²) in [5.74, 6) is -1.15. The summed E-state index contributed by atoms with van der Waals surface area (Å²) in [5.41, 5.74) is 0.906. The molecule has 1 fully saturated rings. The molecule has 1 heterocycles. The molecule has 1 unspecified atom stereocenters. The van der Waals surface area contributed by atoms with Crippen molar-refractivity contribution in [3.05, 3.63) is 35.9 Å². The Bertz CT molecular complexity index is 836. The molecule has 5 N–H and O–H groups in total. The third-order valence-corrected chi connectivity index (χ3v) is 6.21. The van der Waals surface area contributed by atoms with Gasteiger partial charge in [0.2, 0.25) is 17.7 Å². The molecule has 0 spiro atoms. The van der Waals surface area contributed by atoms with Gasteiger partial charge in [0.1, 0.15) is 12.1 Å². The molecular formula is C24H36N4O5S. The van der Waals surface area contributed by atoms with Crippen molar-refractivity contribution in [3.8, 4) is 0 Å². The molecule has 0 radical (unpaired) electrons. The first kappa shape index (κ1) is 27.7. The van der Waals surface area contributed by atoms with Crippen LogP contribution >= 0.6 is 11.8 Å². The van der Waals surface area contributed by atoms with Crippen LogP contribution in [-0.2, 0) is 25.6 Å². The number of thioether (sulfide) groups is 1. The highest BCUT2D eigenvalue weighted by atomic mass is 32.2. The summed E-state index contributed by atoms with van der Waals surface area (Å²) >= 11 is 1.51. The molecule has 1 saturated heterocycles. The number of rotatable bonds is 14. The molecule has 1 aliphatic rings. The first-order valence-corrected chi connectivity index (χ1v) is 13.0. The highest BCUT2D eigenvalue weighted by Gasteiger charge is 2.31. The second-order valence-corrected chi connectivity index (χ2v) is 9.92. The first-order valence-electron chi connectivity index (χ1n) is 11.6. The van der Waals surface area contributed by atoms with Crippen molar-refractivity contribution >= 4 is 35.5 Å². The number of hydrogen-bond acceptors (Lipinski definition) is 6. The van der Waals surface area contributed by atoms with Gasteiger partial charge in [-0.3, -0.25) is 19.7 Å². The second kappa shape index (κ2) is 14.0. The molecule has 10 heteroatoms. The highest BCUT2D eigenvalue weighted by Crippen LogP contribution is 2.11. The lowest BCUT2D eigenvalue weighted by Gasteiger charge is -2.29. The Morgan fingerprint density at radius 1 is 1.15 bits per heavy atom. The number of hydrogen-bond donors (Lipinski definition) is 5. The largest absolute Gasteiger partial charge is 0.480 e. The number of aliphatic carboxylic acids is 1. The van der Waals surface area contributed by atoms with Gasteiger partial charge < -0.3 is 21.1 Å². The zero-order valence-corrected chi connectivity index (χ0v) is 20.8. The van der Waals surface area contributed by atoms with Gasteiger partial charge in [0, 0.05) is 6.42 Å². The van der Waals surface area contributed by atoms with E-state index in [9.17, 15) is 24.3 Å². The molecule has 1 aliphatic heterocycles. The van der Waals surface area contributed by atoms with Crippen LogP contribution in [0.15, 0.2) is 30.3 Å². The third kappa shape index (κ3) is 9.34. The van der Waals surface area contributed by atoms with E-state index in [0.29, 0.717) is 37.9 Å². The summed E-state index contributed by atoms with van der Waals surface area (Å²) in [6.07, 6.45) is 3.29. The molecule has 0 bridgehead atoms. The Labute approximate surface area is 205 Å². The Hall–Kier alpha value is -2.59. The summed E-state index contributed by atoms with van der Waals surface area (Å²) in [6.45, 7) is 4.01. The van der Waals surface area contributed by atoms with Gasteiger partial charge in [0.15, 0.2) is 0 Å². The predicted octanol–water partition coefficient (Wildman–Crippen LogP) is 1.28. The smallest absolute Gasteiger partial charge is 0.326 e. The quantitative estimate of drug-likeness (QED) is 0.247. The molecule has 4 atom stereocenters. The average Bonchev–Trinajstić information content (AvgIpc) is 3.22. The summed E-state index contributed by atoms with van der Waals surface area (Å²) in [5, 5.41) is 21.0. The number of amides is 3. The lowest BCUT2D eigenvalue weighted by molar-refractivity contribution is -0.142. The molecule has 0 saturated carbocycles. The lowest BCUT2D eigenvalue weighted by Crippen LogP contribution is -2.59. The number of carboxylic acid groups (broad SMARTS) is 1. The van der Waals surface area contributed by atoms with Gasteiger partial charge in [0.25, 0.3) is 0 Å². The van der Waals surface area contributed by atoms with Crippen molar-refractivity contribution in [2.45, 2.75) is 70.2 Å². The molecule has 0 aromatic heterocycles. The van der Waals surface area contributed by atoms with E-state index in [4.69, 9.17) is 0 Å². The maximum Gasteiger partial charge on any atom is 0.326 e. The van der Waals surface area contributed by atoms with Crippen LogP contribution in [0.25, 0.3) is 0 Å². The summed E-state index contributed by atoms with van der Waals surface area (Å²) < 4.78 is 0. The van der Waals surface area contributed by atoms with Crippen molar-refractivity contribution in [2.24, 2.45) is 5.92 Å². The highest BCUT2D eigenvalue weighted by molar-refractivity contribution is 7.98. The number of benzene rings is 1. The minimum atomic E-state index is -1.08. The van der Waals surface area contributed by atoms with Gasteiger partial charge in [-0.25, -0.2) is 4.79 Å². The number of carbonyl (C=O) groups excluding carboxylic acids is 3. The van der Waals surface area contributed by atoms with Gasteiger partial charge in [-0.15, -0.1) is 0 Å². The van der Waals surface area contributed by atoms with Crippen LogP contribution in [0.4, 0.5) is 0 Å². The van der Waals surface area contributed by atoms with Gasteiger partial charge >= 0.3 is 5.97 Å². The van der Waals surface area contributed by atoms with Crippen LogP contribution in [0, 0.1) is 5.92 Å². The second-order valence-electron chi connectivity index (χ2n) is 8.94. The van der Waals surface area contributed by atoms with E-state index in [1.54, 1.807) is 0 Å². The normalized spacial score (nSPS) is 18.1. The number of carboxylic acids is 1. The minimum absolute atomic E-state index is 0.153.